The van der Waals surface area contributed by atoms with E-state index in [1.165, 1.54) is 0 Å². The van der Waals surface area contributed by atoms with Crippen molar-refractivity contribution in [2.45, 2.75) is 61.7 Å². The molecule has 2 aliphatic carbocycles. The number of carbonyl (C=O) groups excluding carboxylic acids is 1. The van der Waals surface area contributed by atoms with Gasteiger partial charge in [0.15, 0.2) is 0 Å². The van der Waals surface area contributed by atoms with Gasteiger partial charge in [0, 0.05) is 13.7 Å². The number of hydrogen-bond donors (Lipinski definition) is 1. The number of nitrogens with zero attached hydrogens (tertiary/aromatic N) is 1. The zero-order valence-corrected chi connectivity index (χ0v) is 13.7. The predicted molar refractivity (Wildman–Crippen MR) is 87.1 cm³/mol. The molecule has 4 heteroatoms. The van der Waals surface area contributed by atoms with Crippen LogP contribution in [0.3, 0.4) is 0 Å². The molecule has 0 radical (unpaired) electrons. The van der Waals surface area contributed by atoms with Crippen LogP contribution in [0.25, 0.3) is 0 Å². The van der Waals surface area contributed by atoms with Gasteiger partial charge in [0.1, 0.15) is 0 Å². The Morgan fingerprint density at radius 1 is 1.22 bits per heavy atom. The Morgan fingerprint density at radius 3 is 2.61 bits per heavy atom. The van der Waals surface area contributed by atoms with Crippen molar-refractivity contribution in [2.24, 2.45) is 0 Å². The van der Waals surface area contributed by atoms with Crippen LogP contribution in [0, 0.1) is 0 Å². The average Bonchev–Trinajstić information content (AvgIpc) is 3.32. The molecule has 1 amide bonds. The summed E-state index contributed by atoms with van der Waals surface area (Å²) in [6, 6.07) is 10.2. The third-order valence-electron chi connectivity index (χ3n) is 6.31. The zero-order valence-electron chi connectivity index (χ0n) is 13.7. The molecule has 0 bridgehead atoms. The molecule has 23 heavy (non-hydrogen) atoms. The van der Waals surface area contributed by atoms with Gasteiger partial charge in [-0.15, -0.1) is 0 Å². The van der Waals surface area contributed by atoms with Gasteiger partial charge in [-0.25, -0.2) is 0 Å². The molecule has 0 aromatic heterocycles. The maximum Gasteiger partial charge on any atom is 0.233 e. The molecule has 1 heterocycles. The molecule has 2 saturated carbocycles. The van der Waals surface area contributed by atoms with Gasteiger partial charge in [0.05, 0.1) is 23.2 Å². The molecular formula is C19H25NO3. The summed E-state index contributed by atoms with van der Waals surface area (Å²) >= 11 is 0. The van der Waals surface area contributed by atoms with Crippen LogP contribution in [0.2, 0.25) is 0 Å². The van der Waals surface area contributed by atoms with E-state index in [1.807, 2.05) is 23.1 Å². The first kappa shape index (κ1) is 15.2. The van der Waals surface area contributed by atoms with Crippen molar-refractivity contribution in [3.05, 3.63) is 35.9 Å². The SMILES string of the molecule is CO[C@@]12CC[C@H](O)C[C@@H]1N(C(=O)C1(c3ccccc3)CC1)CC2. The lowest BCUT2D eigenvalue weighted by Crippen LogP contribution is -2.54. The van der Waals surface area contributed by atoms with Gasteiger partial charge in [-0.2, -0.15) is 0 Å². The van der Waals surface area contributed by atoms with Crippen LogP contribution in [-0.4, -0.2) is 47.3 Å². The second-order valence-corrected chi connectivity index (χ2v) is 7.41. The number of rotatable bonds is 3. The fourth-order valence-corrected chi connectivity index (χ4v) is 4.70. The molecule has 3 fully saturated rings. The molecule has 0 unspecified atom stereocenters. The largest absolute Gasteiger partial charge is 0.393 e. The van der Waals surface area contributed by atoms with E-state index in [2.05, 4.69) is 12.1 Å². The van der Waals surface area contributed by atoms with E-state index in [9.17, 15) is 9.90 Å². The summed E-state index contributed by atoms with van der Waals surface area (Å²) < 4.78 is 5.87. The van der Waals surface area contributed by atoms with E-state index in [0.29, 0.717) is 6.42 Å². The summed E-state index contributed by atoms with van der Waals surface area (Å²) in [6.07, 6.45) is 4.70. The van der Waals surface area contributed by atoms with Crippen molar-refractivity contribution in [1.82, 2.24) is 4.90 Å². The third kappa shape index (κ3) is 2.23. The molecule has 4 nitrogen and oxygen atoms in total. The Labute approximate surface area is 137 Å². The number of amides is 1. The second kappa shape index (κ2) is 5.32. The number of benzene rings is 1. The standard InChI is InChI=1S/C19H25NO3/c1-23-19-8-7-15(21)13-16(19)20(12-11-19)17(22)18(9-10-18)14-5-3-2-4-6-14/h2-6,15-16,21H,7-13H2,1H3/t15-,16-,19+/m0/s1. The van der Waals surface area contributed by atoms with Crippen LogP contribution < -0.4 is 0 Å². The molecule has 3 aliphatic rings. The van der Waals surface area contributed by atoms with Gasteiger partial charge >= 0.3 is 0 Å². The topological polar surface area (TPSA) is 49.8 Å². The molecule has 124 valence electrons. The molecule has 1 N–H and O–H groups in total. The molecule has 1 aliphatic heterocycles. The normalized spacial score (nSPS) is 35.0. The highest BCUT2D eigenvalue weighted by atomic mass is 16.5. The maximum absolute atomic E-state index is 13.3. The molecule has 4 rings (SSSR count). The number of ether oxygens (including phenoxy) is 1. The summed E-state index contributed by atoms with van der Waals surface area (Å²) in [6.45, 7) is 0.749. The summed E-state index contributed by atoms with van der Waals surface area (Å²) in [4.78, 5) is 15.4. The van der Waals surface area contributed by atoms with E-state index in [4.69, 9.17) is 4.74 Å². The fraction of sp³-hybridized carbons (Fsp3) is 0.632. The summed E-state index contributed by atoms with van der Waals surface area (Å²) in [5.41, 5.74) is 0.561. The van der Waals surface area contributed by atoms with E-state index in [0.717, 1.165) is 44.2 Å². The minimum absolute atomic E-state index is 0.0185. The number of carbonyl (C=O) groups is 1. The number of fused-ring (bicyclic) bond motifs is 1. The molecule has 1 saturated heterocycles. The lowest BCUT2D eigenvalue weighted by Gasteiger charge is -2.43. The number of aliphatic hydroxyl groups excluding tert-OH is 1. The van der Waals surface area contributed by atoms with Gasteiger partial charge in [-0.3, -0.25) is 4.79 Å². The minimum Gasteiger partial charge on any atom is -0.393 e. The van der Waals surface area contributed by atoms with Crippen LogP contribution >= 0.6 is 0 Å². The third-order valence-corrected chi connectivity index (χ3v) is 6.31. The van der Waals surface area contributed by atoms with Crippen molar-refractivity contribution in [3.8, 4) is 0 Å². The Kier molecular flexibility index (Phi) is 3.50. The van der Waals surface area contributed by atoms with Gasteiger partial charge in [-0.05, 0) is 44.1 Å². The highest BCUT2D eigenvalue weighted by Crippen LogP contribution is 2.52. The van der Waals surface area contributed by atoms with E-state index in [1.54, 1.807) is 7.11 Å². The summed E-state index contributed by atoms with van der Waals surface area (Å²) in [7, 11) is 1.75. The second-order valence-electron chi connectivity index (χ2n) is 7.41. The van der Waals surface area contributed by atoms with Gasteiger partial charge in [0.2, 0.25) is 5.91 Å². The van der Waals surface area contributed by atoms with Crippen LogP contribution in [-0.2, 0) is 14.9 Å². The summed E-state index contributed by atoms with van der Waals surface area (Å²) in [5, 5.41) is 10.1. The molecular weight excluding hydrogens is 290 g/mol. The van der Waals surface area contributed by atoms with Gasteiger partial charge in [0.25, 0.3) is 0 Å². The first-order valence-electron chi connectivity index (χ1n) is 8.71. The molecule has 1 aromatic carbocycles. The smallest absolute Gasteiger partial charge is 0.233 e. The summed E-state index contributed by atoms with van der Waals surface area (Å²) in [5.74, 6) is 0.238. The quantitative estimate of drug-likeness (QED) is 0.931. The monoisotopic (exact) mass is 315 g/mol. The van der Waals surface area contributed by atoms with Gasteiger partial charge < -0.3 is 14.7 Å². The van der Waals surface area contributed by atoms with Gasteiger partial charge in [-0.1, -0.05) is 30.3 Å². The molecule has 1 aromatic rings. The van der Waals surface area contributed by atoms with Crippen LogP contribution in [0.15, 0.2) is 30.3 Å². The zero-order chi connectivity index (χ0) is 16.1. The number of aliphatic hydroxyl groups is 1. The Hall–Kier alpha value is -1.39. The number of likely N-dealkylation sites (tertiary alicyclic amines) is 1. The first-order chi connectivity index (χ1) is 11.1. The van der Waals surface area contributed by atoms with Crippen LogP contribution in [0.1, 0.15) is 44.1 Å². The fourth-order valence-electron chi connectivity index (χ4n) is 4.70. The molecule has 0 spiro atoms. The Morgan fingerprint density at radius 2 is 1.96 bits per heavy atom. The first-order valence-corrected chi connectivity index (χ1v) is 8.71. The number of hydrogen-bond acceptors (Lipinski definition) is 3. The highest BCUT2D eigenvalue weighted by Gasteiger charge is 2.59. The predicted octanol–water partition coefficient (Wildman–Crippen LogP) is 2.25. The molecule has 3 atom stereocenters. The van der Waals surface area contributed by atoms with Crippen molar-refractivity contribution < 1.29 is 14.6 Å². The average molecular weight is 315 g/mol. The van der Waals surface area contributed by atoms with Crippen LogP contribution in [0.5, 0.6) is 0 Å². The minimum atomic E-state index is -0.326. The van der Waals surface area contributed by atoms with E-state index >= 15 is 0 Å². The van der Waals surface area contributed by atoms with Crippen molar-refractivity contribution in [1.29, 1.82) is 0 Å². The lowest BCUT2D eigenvalue weighted by molar-refractivity contribution is -0.142. The number of methoxy groups -OCH3 is 1. The van der Waals surface area contributed by atoms with Crippen LogP contribution in [0.4, 0.5) is 0 Å². The highest BCUT2D eigenvalue weighted by molar-refractivity contribution is 5.92. The van der Waals surface area contributed by atoms with E-state index in [-0.39, 0.29) is 29.1 Å². The van der Waals surface area contributed by atoms with Crippen molar-refractivity contribution >= 4 is 5.91 Å². The Bertz CT molecular complexity index is 598. The Balaban J connectivity index is 1.62. The van der Waals surface area contributed by atoms with Crippen molar-refractivity contribution in [3.63, 3.8) is 0 Å². The van der Waals surface area contributed by atoms with Crippen molar-refractivity contribution in [2.75, 3.05) is 13.7 Å². The lowest BCUT2D eigenvalue weighted by atomic mass is 9.79. The maximum atomic E-state index is 13.3. The van der Waals surface area contributed by atoms with E-state index < -0.39 is 0 Å².